The van der Waals surface area contributed by atoms with Gasteiger partial charge in [-0.2, -0.15) is 0 Å². The van der Waals surface area contributed by atoms with Gasteiger partial charge in [0.15, 0.2) is 0 Å². The average molecular weight is 306 g/mol. The number of carbonyl (C=O) groups excluding carboxylic acids is 2. The van der Waals surface area contributed by atoms with Gasteiger partial charge in [0.25, 0.3) is 0 Å². The highest BCUT2D eigenvalue weighted by molar-refractivity contribution is 5.80. The van der Waals surface area contributed by atoms with Gasteiger partial charge in [-0.15, -0.1) is 0 Å². The molecule has 2 amide bonds. The van der Waals surface area contributed by atoms with E-state index in [2.05, 4.69) is 10.6 Å². The smallest absolute Gasteiger partial charge is 0.310 e. The molecule has 0 saturated carbocycles. The molecule has 3 N–H and O–H groups in total. The molecule has 6 nitrogen and oxygen atoms in total. The number of aliphatic carboxylic acids is 1. The van der Waals surface area contributed by atoms with E-state index in [0.717, 1.165) is 5.56 Å². The molecule has 1 atom stereocenters. The van der Waals surface area contributed by atoms with Crippen LogP contribution in [0.15, 0.2) is 30.3 Å². The lowest BCUT2D eigenvalue weighted by atomic mass is 9.93. The summed E-state index contributed by atoms with van der Waals surface area (Å²) in [6.45, 7) is 4.50. The van der Waals surface area contributed by atoms with Crippen LogP contribution in [0.2, 0.25) is 0 Å². The fraction of sp³-hybridized carbons (Fsp3) is 0.438. The fourth-order valence-corrected chi connectivity index (χ4v) is 1.84. The lowest BCUT2D eigenvalue weighted by molar-refractivity contribution is -0.146. The summed E-state index contributed by atoms with van der Waals surface area (Å²) in [5.41, 5.74) is -0.211. The topological polar surface area (TPSA) is 95.5 Å². The third-order valence-electron chi connectivity index (χ3n) is 3.28. The summed E-state index contributed by atoms with van der Waals surface area (Å²) in [7, 11) is 0. The largest absolute Gasteiger partial charge is 0.481 e. The van der Waals surface area contributed by atoms with Gasteiger partial charge in [0.05, 0.1) is 17.9 Å². The van der Waals surface area contributed by atoms with Gasteiger partial charge in [-0.25, -0.2) is 0 Å². The number of carboxylic acids is 1. The highest BCUT2D eigenvalue weighted by atomic mass is 16.4. The fourth-order valence-electron chi connectivity index (χ4n) is 1.84. The lowest BCUT2D eigenvalue weighted by Gasteiger charge is -2.22. The molecule has 1 rings (SSSR count). The first-order valence-electron chi connectivity index (χ1n) is 7.04. The van der Waals surface area contributed by atoms with Crippen LogP contribution in [0.25, 0.3) is 0 Å². The van der Waals surface area contributed by atoms with E-state index in [9.17, 15) is 14.4 Å². The van der Waals surface area contributed by atoms with E-state index in [1.807, 2.05) is 30.3 Å². The molecule has 0 unspecified atom stereocenters. The van der Waals surface area contributed by atoms with Crippen molar-refractivity contribution >= 4 is 17.8 Å². The number of amides is 2. The van der Waals surface area contributed by atoms with E-state index in [1.165, 1.54) is 20.8 Å². The second kappa shape index (κ2) is 7.59. The minimum absolute atomic E-state index is 0.0305. The van der Waals surface area contributed by atoms with E-state index in [0.29, 0.717) is 0 Å². The first kappa shape index (κ1) is 17.7. The van der Waals surface area contributed by atoms with Crippen molar-refractivity contribution in [3.8, 4) is 0 Å². The Bertz CT molecular complexity index is 540. The number of carbonyl (C=O) groups is 3. The van der Waals surface area contributed by atoms with Crippen molar-refractivity contribution in [3.63, 3.8) is 0 Å². The monoisotopic (exact) mass is 306 g/mol. The molecule has 0 aliphatic carbocycles. The molecule has 0 bridgehead atoms. The van der Waals surface area contributed by atoms with Crippen molar-refractivity contribution in [1.29, 1.82) is 0 Å². The molecular weight excluding hydrogens is 284 g/mol. The lowest BCUT2D eigenvalue weighted by Crippen LogP contribution is -2.40. The molecule has 0 radical (unpaired) electrons. The minimum atomic E-state index is -1.04. The van der Waals surface area contributed by atoms with Gasteiger partial charge in [0.2, 0.25) is 11.8 Å². The Balaban J connectivity index is 2.68. The Morgan fingerprint density at radius 3 is 2.27 bits per heavy atom. The predicted molar refractivity (Wildman–Crippen MR) is 82.0 cm³/mol. The number of hydrogen-bond donors (Lipinski definition) is 3. The predicted octanol–water partition coefficient (Wildman–Crippen LogP) is 1.48. The van der Waals surface area contributed by atoms with Crippen molar-refractivity contribution in [2.24, 2.45) is 5.41 Å². The zero-order valence-electron chi connectivity index (χ0n) is 13.1. The minimum Gasteiger partial charge on any atom is -0.481 e. The molecule has 0 aliphatic rings. The van der Waals surface area contributed by atoms with E-state index in [-0.39, 0.29) is 24.8 Å². The molecule has 6 heteroatoms. The third-order valence-corrected chi connectivity index (χ3v) is 3.28. The van der Waals surface area contributed by atoms with Crippen LogP contribution in [0, 0.1) is 5.41 Å². The van der Waals surface area contributed by atoms with Crippen LogP contribution in [0.5, 0.6) is 0 Å². The number of carboxylic acid groups (broad SMARTS) is 1. The summed E-state index contributed by atoms with van der Waals surface area (Å²) in [5.74, 6) is -1.52. The van der Waals surface area contributed by atoms with E-state index < -0.39 is 17.4 Å². The number of rotatable bonds is 7. The van der Waals surface area contributed by atoms with Crippen LogP contribution in [-0.2, 0) is 14.4 Å². The number of nitrogens with one attached hydrogen (secondary N) is 2. The Kier molecular flexibility index (Phi) is 6.10. The second-order valence-corrected chi connectivity index (χ2v) is 5.83. The maximum atomic E-state index is 12.0. The van der Waals surface area contributed by atoms with Crippen molar-refractivity contribution in [1.82, 2.24) is 10.6 Å². The van der Waals surface area contributed by atoms with Gasteiger partial charge >= 0.3 is 5.97 Å². The molecule has 0 heterocycles. The van der Waals surface area contributed by atoms with E-state index in [1.54, 1.807) is 0 Å². The summed E-state index contributed by atoms with van der Waals surface area (Å²) in [5, 5.41) is 14.4. The maximum Gasteiger partial charge on any atom is 0.310 e. The van der Waals surface area contributed by atoms with Crippen LogP contribution in [-0.4, -0.2) is 29.4 Å². The summed E-state index contributed by atoms with van der Waals surface area (Å²) < 4.78 is 0. The van der Waals surface area contributed by atoms with E-state index >= 15 is 0 Å². The van der Waals surface area contributed by atoms with Crippen LogP contribution in [0.1, 0.15) is 38.8 Å². The van der Waals surface area contributed by atoms with Gasteiger partial charge in [-0.1, -0.05) is 30.3 Å². The maximum absolute atomic E-state index is 12.0. The molecule has 0 aromatic heterocycles. The molecule has 0 fully saturated rings. The van der Waals surface area contributed by atoms with E-state index in [4.69, 9.17) is 5.11 Å². The Morgan fingerprint density at radius 1 is 1.18 bits per heavy atom. The van der Waals surface area contributed by atoms with Gasteiger partial charge in [0.1, 0.15) is 0 Å². The zero-order chi connectivity index (χ0) is 16.8. The first-order valence-corrected chi connectivity index (χ1v) is 7.04. The van der Waals surface area contributed by atoms with Gasteiger partial charge in [0, 0.05) is 13.5 Å². The third kappa shape index (κ3) is 5.55. The van der Waals surface area contributed by atoms with Gasteiger partial charge in [-0.3, -0.25) is 14.4 Å². The van der Waals surface area contributed by atoms with Crippen molar-refractivity contribution < 1.29 is 19.5 Å². The van der Waals surface area contributed by atoms with Crippen LogP contribution >= 0.6 is 0 Å². The quantitative estimate of drug-likeness (QED) is 0.711. The molecular formula is C16H22N2O4. The molecule has 0 saturated heterocycles. The van der Waals surface area contributed by atoms with Crippen LogP contribution in [0.3, 0.4) is 0 Å². The highest BCUT2D eigenvalue weighted by Crippen LogP contribution is 2.17. The van der Waals surface area contributed by atoms with Crippen LogP contribution < -0.4 is 10.6 Å². The Morgan fingerprint density at radius 2 is 1.77 bits per heavy atom. The standard InChI is InChI=1S/C16H22N2O4/c1-11(19)18-13(12-7-5-4-6-8-12)9-14(20)17-10-16(2,3)15(21)22/h4-8,13H,9-10H2,1-3H3,(H,17,20)(H,18,19)(H,21,22)/t13-/m0/s1. The van der Waals surface area contributed by atoms with Crippen molar-refractivity contribution in [2.45, 2.75) is 33.2 Å². The summed E-state index contributed by atoms with van der Waals surface area (Å²) in [6.07, 6.45) is 0.0549. The van der Waals surface area contributed by atoms with Crippen molar-refractivity contribution in [3.05, 3.63) is 35.9 Å². The summed E-state index contributed by atoms with van der Waals surface area (Å²) in [4.78, 5) is 34.3. The molecule has 1 aromatic carbocycles. The molecule has 120 valence electrons. The Hall–Kier alpha value is -2.37. The van der Waals surface area contributed by atoms with Gasteiger partial charge < -0.3 is 15.7 Å². The zero-order valence-corrected chi connectivity index (χ0v) is 13.1. The molecule has 0 aliphatic heterocycles. The Labute approximate surface area is 129 Å². The summed E-state index contributed by atoms with van der Waals surface area (Å²) >= 11 is 0. The second-order valence-electron chi connectivity index (χ2n) is 5.83. The number of hydrogen-bond acceptors (Lipinski definition) is 3. The first-order chi connectivity index (χ1) is 10.2. The van der Waals surface area contributed by atoms with Gasteiger partial charge in [-0.05, 0) is 19.4 Å². The average Bonchev–Trinajstić information content (AvgIpc) is 2.45. The highest BCUT2D eigenvalue weighted by Gasteiger charge is 2.28. The van der Waals surface area contributed by atoms with Crippen molar-refractivity contribution in [2.75, 3.05) is 6.54 Å². The van der Waals surface area contributed by atoms with Crippen LogP contribution in [0.4, 0.5) is 0 Å². The SMILES string of the molecule is CC(=O)N[C@@H](CC(=O)NCC(C)(C)C(=O)O)c1ccccc1. The molecule has 0 spiro atoms. The molecule has 1 aromatic rings. The normalized spacial score (nSPS) is 12.3. The summed E-state index contributed by atoms with van der Waals surface area (Å²) in [6, 6.07) is 8.73. The number of benzene rings is 1. The molecule has 22 heavy (non-hydrogen) atoms.